The van der Waals surface area contributed by atoms with Gasteiger partial charge in [-0.15, -0.1) is 0 Å². The van der Waals surface area contributed by atoms with Crippen LogP contribution in [-0.4, -0.2) is 51.0 Å². The second-order valence-electron chi connectivity index (χ2n) is 9.30. The van der Waals surface area contributed by atoms with Crippen molar-refractivity contribution in [1.29, 1.82) is 0 Å². The number of rotatable bonds is 8. The van der Waals surface area contributed by atoms with Gasteiger partial charge in [-0.3, -0.25) is 9.59 Å². The molecule has 0 spiro atoms. The molecule has 0 aromatic heterocycles. The summed E-state index contributed by atoms with van der Waals surface area (Å²) in [6.07, 6.45) is 0.480. The van der Waals surface area contributed by atoms with Gasteiger partial charge in [-0.2, -0.15) is 0 Å². The van der Waals surface area contributed by atoms with E-state index in [9.17, 15) is 14.0 Å². The number of methoxy groups -OCH3 is 1. The van der Waals surface area contributed by atoms with E-state index in [-0.39, 0.29) is 30.4 Å². The Labute approximate surface area is 210 Å². The minimum absolute atomic E-state index is 0.0756. The van der Waals surface area contributed by atoms with E-state index in [0.717, 1.165) is 0 Å². The summed E-state index contributed by atoms with van der Waals surface area (Å²) in [5.74, 6) is -1.47. The van der Waals surface area contributed by atoms with E-state index in [2.05, 4.69) is 4.74 Å². The first-order chi connectivity index (χ1) is 16.4. The number of para-hydroxylation sites is 1. The Morgan fingerprint density at radius 3 is 2.40 bits per heavy atom. The second-order valence-corrected chi connectivity index (χ2v) is 9.71. The molecule has 0 saturated carbocycles. The highest BCUT2D eigenvalue weighted by Gasteiger charge is 2.52. The standard InChI is InChI=1S/C25H30BClFNO6/c1-24(2)25(3,4)35-26(34-24)17-15-16(12-13-18(17)27)23(31)29(5)20-10-7-9-19(28)22(20)33-14-8-11-21(30)32-6/h7,9-10,12-13,15H,8,11,14H2,1-6H3. The summed E-state index contributed by atoms with van der Waals surface area (Å²) in [6, 6.07) is 9.15. The van der Waals surface area contributed by atoms with Crippen LogP contribution < -0.4 is 15.1 Å². The molecule has 1 heterocycles. The highest BCUT2D eigenvalue weighted by molar-refractivity contribution is 6.65. The molecule has 0 aliphatic carbocycles. The van der Waals surface area contributed by atoms with Crippen molar-refractivity contribution in [3.05, 3.63) is 52.8 Å². The van der Waals surface area contributed by atoms with Crippen LogP contribution in [0.2, 0.25) is 5.02 Å². The molecule has 1 fully saturated rings. The summed E-state index contributed by atoms with van der Waals surface area (Å²) in [6.45, 7) is 7.81. The average molecular weight is 506 g/mol. The topological polar surface area (TPSA) is 74.3 Å². The number of esters is 1. The van der Waals surface area contributed by atoms with Crippen molar-refractivity contribution in [2.45, 2.75) is 51.7 Å². The number of carbonyl (C=O) groups is 2. The zero-order valence-corrected chi connectivity index (χ0v) is 21.6. The lowest BCUT2D eigenvalue weighted by molar-refractivity contribution is -0.140. The minimum atomic E-state index is -0.742. The van der Waals surface area contributed by atoms with Gasteiger partial charge in [0.15, 0.2) is 11.6 Å². The van der Waals surface area contributed by atoms with E-state index in [0.29, 0.717) is 22.5 Å². The Bertz CT molecular complexity index is 1090. The Kier molecular flexibility index (Phi) is 8.14. The molecule has 0 atom stereocenters. The van der Waals surface area contributed by atoms with Crippen molar-refractivity contribution in [3.8, 4) is 5.75 Å². The SMILES string of the molecule is COC(=O)CCCOc1c(F)cccc1N(C)C(=O)c1ccc(Cl)c(B2OC(C)(C)C(C)(C)O2)c1. The molecule has 35 heavy (non-hydrogen) atoms. The van der Waals surface area contributed by atoms with Gasteiger partial charge in [-0.1, -0.05) is 17.7 Å². The van der Waals surface area contributed by atoms with Gasteiger partial charge in [0.2, 0.25) is 0 Å². The molecule has 1 amide bonds. The molecule has 3 rings (SSSR count). The first-order valence-electron chi connectivity index (χ1n) is 11.3. The van der Waals surface area contributed by atoms with Crippen LogP contribution in [-0.2, 0) is 18.8 Å². The molecule has 1 aliphatic rings. The third-order valence-electron chi connectivity index (χ3n) is 6.36. The Hall–Kier alpha value is -2.62. The Morgan fingerprint density at radius 1 is 1.11 bits per heavy atom. The number of halogens is 2. The molecule has 7 nitrogen and oxygen atoms in total. The first kappa shape index (κ1) is 27.0. The van der Waals surface area contributed by atoms with E-state index in [1.165, 1.54) is 31.2 Å². The summed E-state index contributed by atoms with van der Waals surface area (Å²) >= 11 is 6.43. The zero-order valence-electron chi connectivity index (χ0n) is 20.8. The number of benzene rings is 2. The number of hydrogen-bond acceptors (Lipinski definition) is 6. The molecule has 0 radical (unpaired) electrons. The van der Waals surface area contributed by atoms with Gasteiger partial charge in [0.25, 0.3) is 5.91 Å². The van der Waals surface area contributed by atoms with Gasteiger partial charge >= 0.3 is 13.1 Å². The van der Waals surface area contributed by atoms with Crippen molar-refractivity contribution in [3.63, 3.8) is 0 Å². The molecule has 0 unspecified atom stereocenters. The first-order valence-corrected chi connectivity index (χ1v) is 11.7. The third-order valence-corrected chi connectivity index (χ3v) is 6.71. The smallest absolute Gasteiger partial charge is 0.488 e. The van der Waals surface area contributed by atoms with Crippen LogP contribution in [0.1, 0.15) is 50.9 Å². The molecule has 2 aromatic rings. The van der Waals surface area contributed by atoms with Crippen molar-refractivity contribution in [1.82, 2.24) is 0 Å². The van der Waals surface area contributed by atoms with Crippen LogP contribution >= 0.6 is 11.6 Å². The van der Waals surface area contributed by atoms with E-state index < -0.39 is 30.0 Å². The molecule has 10 heteroatoms. The van der Waals surface area contributed by atoms with Crippen LogP contribution in [0, 0.1) is 5.82 Å². The van der Waals surface area contributed by atoms with Crippen LogP contribution in [0.25, 0.3) is 0 Å². The number of ether oxygens (including phenoxy) is 2. The second kappa shape index (κ2) is 10.6. The molecule has 1 aliphatic heterocycles. The minimum Gasteiger partial charge on any atom is -0.488 e. The van der Waals surface area contributed by atoms with E-state index in [4.69, 9.17) is 25.6 Å². The summed E-state index contributed by atoms with van der Waals surface area (Å²) in [7, 11) is 2.09. The monoisotopic (exact) mass is 505 g/mol. The van der Waals surface area contributed by atoms with Crippen molar-refractivity contribution >= 4 is 41.7 Å². The van der Waals surface area contributed by atoms with Gasteiger partial charge in [0, 0.05) is 29.5 Å². The maximum Gasteiger partial charge on any atom is 0.496 e. The van der Waals surface area contributed by atoms with E-state index >= 15 is 0 Å². The predicted molar refractivity (Wildman–Crippen MR) is 133 cm³/mol. The van der Waals surface area contributed by atoms with Crippen LogP contribution in [0.4, 0.5) is 10.1 Å². The van der Waals surface area contributed by atoms with Gasteiger partial charge in [0.1, 0.15) is 0 Å². The Balaban J connectivity index is 1.82. The number of nitrogens with zero attached hydrogens (tertiary/aromatic N) is 1. The van der Waals surface area contributed by atoms with Gasteiger partial charge in [-0.05, 0) is 64.4 Å². The molecular formula is C25H30BClFNO6. The maximum atomic E-state index is 14.6. The average Bonchev–Trinajstić information content (AvgIpc) is 3.03. The largest absolute Gasteiger partial charge is 0.496 e. The van der Waals surface area contributed by atoms with Gasteiger partial charge in [-0.25, -0.2) is 4.39 Å². The fourth-order valence-corrected chi connectivity index (χ4v) is 3.73. The lowest BCUT2D eigenvalue weighted by Gasteiger charge is -2.32. The lowest BCUT2D eigenvalue weighted by atomic mass is 9.78. The number of amides is 1. The van der Waals surface area contributed by atoms with E-state index in [1.54, 1.807) is 24.3 Å². The van der Waals surface area contributed by atoms with Crippen molar-refractivity contribution in [2.24, 2.45) is 0 Å². The molecule has 188 valence electrons. The number of hydrogen-bond donors (Lipinski definition) is 0. The molecule has 0 N–H and O–H groups in total. The summed E-state index contributed by atoms with van der Waals surface area (Å²) < 4.78 is 37.0. The summed E-state index contributed by atoms with van der Waals surface area (Å²) in [5.41, 5.74) is -0.0373. The highest BCUT2D eigenvalue weighted by atomic mass is 35.5. The normalized spacial score (nSPS) is 16.2. The van der Waals surface area contributed by atoms with Crippen LogP contribution in [0.5, 0.6) is 5.75 Å². The van der Waals surface area contributed by atoms with Crippen LogP contribution in [0.3, 0.4) is 0 Å². The summed E-state index contributed by atoms with van der Waals surface area (Å²) in [5, 5.41) is 0.406. The van der Waals surface area contributed by atoms with Gasteiger partial charge < -0.3 is 23.7 Å². The molecule has 2 aromatic carbocycles. The summed E-state index contributed by atoms with van der Waals surface area (Å²) in [4.78, 5) is 26.0. The van der Waals surface area contributed by atoms with Crippen LogP contribution in [0.15, 0.2) is 36.4 Å². The number of carbonyl (C=O) groups excluding carboxylic acids is 2. The quantitative estimate of drug-likeness (QED) is 0.301. The van der Waals surface area contributed by atoms with E-state index in [1.807, 2.05) is 27.7 Å². The van der Waals surface area contributed by atoms with Gasteiger partial charge in [0.05, 0.1) is 30.6 Å². The molecule has 0 bridgehead atoms. The highest BCUT2D eigenvalue weighted by Crippen LogP contribution is 2.37. The Morgan fingerprint density at radius 2 is 1.77 bits per heavy atom. The number of anilines is 1. The fourth-order valence-electron chi connectivity index (χ4n) is 3.53. The fraction of sp³-hybridized carbons (Fsp3) is 0.440. The molecular weight excluding hydrogens is 476 g/mol. The maximum absolute atomic E-state index is 14.6. The van der Waals surface area contributed by atoms with Crippen molar-refractivity contribution in [2.75, 3.05) is 25.7 Å². The lowest BCUT2D eigenvalue weighted by Crippen LogP contribution is -2.41. The zero-order chi connectivity index (χ0) is 26.0. The third kappa shape index (κ3) is 5.79. The predicted octanol–water partition coefficient (Wildman–Crippen LogP) is 4.39. The molecule has 1 saturated heterocycles. The van der Waals surface area contributed by atoms with Crippen molar-refractivity contribution < 1.29 is 32.8 Å².